The molecule has 2 N–H and O–H groups in total. The van der Waals surface area contributed by atoms with Crippen molar-refractivity contribution in [2.24, 2.45) is 0 Å². The van der Waals surface area contributed by atoms with E-state index < -0.39 is 0 Å². The molecule has 0 bridgehead atoms. The number of rotatable bonds is 3. The van der Waals surface area contributed by atoms with Gasteiger partial charge < -0.3 is 5.32 Å². The van der Waals surface area contributed by atoms with Gasteiger partial charge in [0.25, 0.3) is 0 Å². The van der Waals surface area contributed by atoms with Gasteiger partial charge >= 0.3 is 0 Å². The molecular weight excluding hydrogens is 152 g/mol. The minimum Gasteiger partial charge on any atom is -0.316 e. The molecule has 0 saturated heterocycles. The van der Waals surface area contributed by atoms with E-state index in [1.54, 1.807) is 0 Å². The zero-order valence-electron chi connectivity index (χ0n) is 8.05. The Balaban J connectivity index is 2.85. The number of aromatic nitrogens is 3. The number of nitrogens with one attached hydrogen (secondary N) is 2. The number of aromatic amines is 1. The summed E-state index contributed by atoms with van der Waals surface area (Å²) < 4.78 is 0. The largest absolute Gasteiger partial charge is 0.316 e. The van der Waals surface area contributed by atoms with E-state index in [9.17, 15) is 0 Å². The first kappa shape index (κ1) is 9.19. The van der Waals surface area contributed by atoms with Crippen LogP contribution < -0.4 is 5.32 Å². The maximum absolute atomic E-state index is 4.01. The second kappa shape index (κ2) is 3.23. The van der Waals surface area contributed by atoms with Gasteiger partial charge in [0.2, 0.25) is 0 Å². The first-order valence-electron chi connectivity index (χ1n) is 4.13. The van der Waals surface area contributed by atoms with Crippen molar-refractivity contribution in [2.45, 2.75) is 32.2 Å². The molecule has 12 heavy (non-hydrogen) atoms. The predicted molar refractivity (Wildman–Crippen MR) is 47.9 cm³/mol. The Kier molecular flexibility index (Phi) is 2.47. The standard InChI is InChI=1S/C8H16N4/c1-6(9-4)8(2,3)7-5-10-12-11-7/h5-6,9H,1-4H3,(H,10,11,12). The van der Waals surface area contributed by atoms with Crippen LogP contribution in [0.1, 0.15) is 26.5 Å². The SMILES string of the molecule is CNC(C)C(C)(C)c1c[nH]nn1. The number of H-pyrrole nitrogens is 1. The van der Waals surface area contributed by atoms with Crippen LogP contribution in [0.3, 0.4) is 0 Å². The Morgan fingerprint density at radius 1 is 1.58 bits per heavy atom. The molecule has 0 spiro atoms. The van der Waals surface area contributed by atoms with Crippen molar-refractivity contribution >= 4 is 0 Å². The molecule has 1 heterocycles. The van der Waals surface area contributed by atoms with Crippen molar-refractivity contribution in [1.29, 1.82) is 0 Å². The Hall–Kier alpha value is -0.900. The van der Waals surface area contributed by atoms with Crippen molar-refractivity contribution in [2.75, 3.05) is 7.05 Å². The highest BCUT2D eigenvalue weighted by atomic mass is 15.3. The van der Waals surface area contributed by atoms with Crippen LogP contribution >= 0.6 is 0 Å². The zero-order valence-corrected chi connectivity index (χ0v) is 8.05. The van der Waals surface area contributed by atoms with Gasteiger partial charge in [-0.15, -0.1) is 5.10 Å². The van der Waals surface area contributed by atoms with Gasteiger partial charge in [-0.05, 0) is 14.0 Å². The minimum atomic E-state index is 0.0156. The van der Waals surface area contributed by atoms with E-state index >= 15 is 0 Å². The Bertz CT molecular complexity index is 227. The molecule has 1 atom stereocenters. The van der Waals surface area contributed by atoms with Crippen LogP contribution in [0.2, 0.25) is 0 Å². The molecule has 1 aromatic rings. The first-order valence-corrected chi connectivity index (χ1v) is 4.13. The fraction of sp³-hybridized carbons (Fsp3) is 0.750. The number of nitrogens with zero attached hydrogens (tertiary/aromatic N) is 2. The lowest BCUT2D eigenvalue weighted by Crippen LogP contribution is -2.40. The molecule has 0 amide bonds. The third kappa shape index (κ3) is 1.48. The van der Waals surface area contributed by atoms with E-state index in [1.165, 1.54) is 0 Å². The Labute approximate surface area is 72.8 Å². The number of hydrogen-bond acceptors (Lipinski definition) is 3. The molecule has 0 aliphatic carbocycles. The predicted octanol–water partition coefficient (Wildman–Crippen LogP) is 0.690. The van der Waals surface area contributed by atoms with Crippen LogP contribution in [0.15, 0.2) is 6.20 Å². The summed E-state index contributed by atoms with van der Waals surface area (Å²) in [7, 11) is 1.95. The number of hydrogen-bond donors (Lipinski definition) is 2. The maximum atomic E-state index is 4.01. The highest BCUT2D eigenvalue weighted by Gasteiger charge is 2.29. The highest BCUT2D eigenvalue weighted by molar-refractivity contribution is 5.11. The third-order valence-electron chi connectivity index (χ3n) is 2.59. The normalized spacial score (nSPS) is 14.7. The Morgan fingerprint density at radius 3 is 2.67 bits per heavy atom. The maximum Gasteiger partial charge on any atom is 0.0895 e. The molecular formula is C8H16N4. The topological polar surface area (TPSA) is 53.6 Å². The fourth-order valence-corrected chi connectivity index (χ4v) is 1.10. The van der Waals surface area contributed by atoms with Crippen molar-refractivity contribution in [1.82, 2.24) is 20.7 Å². The van der Waals surface area contributed by atoms with Gasteiger partial charge in [0.15, 0.2) is 0 Å². The quantitative estimate of drug-likeness (QED) is 0.698. The lowest BCUT2D eigenvalue weighted by atomic mass is 9.82. The molecule has 1 rings (SSSR count). The van der Waals surface area contributed by atoms with Gasteiger partial charge in [-0.1, -0.05) is 19.1 Å². The van der Waals surface area contributed by atoms with Crippen LogP contribution in [-0.4, -0.2) is 28.5 Å². The number of likely N-dealkylation sites (N-methyl/N-ethyl adjacent to an activating group) is 1. The molecule has 1 unspecified atom stereocenters. The summed E-state index contributed by atoms with van der Waals surface area (Å²) in [6, 6.07) is 0.377. The summed E-state index contributed by atoms with van der Waals surface area (Å²) in [5.74, 6) is 0. The van der Waals surface area contributed by atoms with E-state index in [1.807, 2.05) is 13.2 Å². The van der Waals surface area contributed by atoms with Crippen LogP contribution in [0, 0.1) is 0 Å². The van der Waals surface area contributed by atoms with Gasteiger partial charge in [0, 0.05) is 17.7 Å². The molecule has 0 radical (unpaired) electrons. The molecule has 1 aromatic heterocycles. The van der Waals surface area contributed by atoms with E-state index in [0.717, 1.165) is 5.69 Å². The van der Waals surface area contributed by atoms with Gasteiger partial charge in [0.05, 0.1) is 5.69 Å². The third-order valence-corrected chi connectivity index (χ3v) is 2.59. The fourth-order valence-electron chi connectivity index (χ4n) is 1.10. The van der Waals surface area contributed by atoms with Gasteiger partial charge in [-0.3, -0.25) is 5.10 Å². The first-order chi connectivity index (χ1) is 5.59. The zero-order chi connectivity index (χ0) is 9.19. The minimum absolute atomic E-state index is 0.0156. The summed E-state index contributed by atoms with van der Waals surface area (Å²) >= 11 is 0. The smallest absolute Gasteiger partial charge is 0.0895 e. The summed E-state index contributed by atoms with van der Waals surface area (Å²) in [4.78, 5) is 0. The lowest BCUT2D eigenvalue weighted by molar-refractivity contribution is 0.373. The van der Waals surface area contributed by atoms with Crippen LogP contribution in [0.4, 0.5) is 0 Å². The van der Waals surface area contributed by atoms with Crippen molar-refractivity contribution < 1.29 is 0 Å². The highest BCUT2D eigenvalue weighted by Crippen LogP contribution is 2.23. The molecule has 0 fully saturated rings. The monoisotopic (exact) mass is 168 g/mol. The van der Waals surface area contributed by atoms with Crippen LogP contribution in [0.5, 0.6) is 0 Å². The molecule has 0 aliphatic heterocycles. The summed E-state index contributed by atoms with van der Waals surface area (Å²) in [6.07, 6.45) is 1.84. The summed E-state index contributed by atoms with van der Waals surface area (Å²) in [5.41, 5.74) is 1.01. The van der Waals surface area contributed by atoms with Gasteiger partial charge in [0.1, 0.15) is 0 Å². The van der Waals surface area contributed by atoms with E-state index in [-0.39, 0.29) is 5.41 Å². The molecule has 0 aliphatic rings. The molecule has 4 nitrogen and oxygen atoms in total. The Morgan fingerprint density at radius 2 is 2.25 bits per heavy atom. The second-order valence-electron chi connectivity index (χ2n) is 3.59. The van der Waals surface area contributed by atoms with Crippen molar-refractivity contribution in [3.05, 3.63) is 11.9 Å². The molecule has 68 valence electrons. The molecule has 4 heteroatoms. The summed E-state index contributed by atoms with van der Waals surface area (Å²) in [5, 5.41) is 13.7. The van der Waals surface area contributed by atoms with E-state index in [0.29, 0.717) is 6.04 Å². The average Bonchev–Trinajstić information content (AvgIpc) is 2.55. The van der Waals surface area contributed by atoms with E-state index in [4.69, 9.17) is 0 Å². The van der Waals surface area contributed by atoms with Crippen LogP contribution in [-0.2, 0) is 5.41 Å². The van der Waals surface area contributed by atoms with Gasteiger partial charge in [-0.2, -0.15) is 0 Å². The average molecular weight is 168 g/mol. The summed E-state index contributed by atoms with van der Waals surface area (Å²) in [6.45, 7) is 6.42. The van der Waals surface area contributed by atoms with E-state index in [2.05, 4.69) is 41.5 Å². The molecule has 0 saturated carbocycles. The second-order valence-corrected chi connectivity index (χ2v) is 3.59. The lowest BCUT2D eigenvalue weighted by Gasteiger charge is -2.29. The molecule has 0 aromatic carbocycles. The van der Waals surface area contributed by atoms with Crippen molar-refractivity contribution in [3.63, 3.8) is 0 Å². The van der Waals surface area contributed by atoms with Gasteiger partial charge in [-0.25, -0.2) is 0 Å². The van der Waals surface area contributed by atoms with Crippen LogP contribution in [0.25, 0.3) is 0 Å². The van der Waals surface area contributed by atoms with Crippen molar-refractivity contribution in [3.8, 4) is 0 Å².